The molecule has 15 heavy (non-hydrogen) atoms. The molecule has 0 N–H and O–H groups in total. The quantitative estimate of drug-likeness (QED) is 0.685. The minimum Gasteiger partial charge on any atom is -0.350 e. The van der Waals surface area contributed by atoms with E-state index in [2.05, 4.69) is 19.1 Å². The van der Waals surface area contributed by atoms with E-state index in [4.69, 9.17) is 0 Å². The number of nitrogens with zero attached hydrogens (tertiary/aromatic N) is 1. The number of aryl methyl sites for hydroxylation is 2. The Balaban J connectivity index is 2.75. The Bertz CT molecular complexity index is 523. The lowest BCUT2D eigenvalue weighted by molar-refractivity contribution is 0.101. The van der Waals surface area contributed by atoms with Crippen LogP contribution >= 0.6 is 0 Å². The Labute approximate surface area is 89.5 Å². The molecule has 1 aromatic heterocycles. The van der Waals surface area contributed by atoms with Crippen molar-refractivity contribution in [3.8, 4) is 0 Å². The van der Waals surface area contributed by atoms with Crippen LogP contribution in [0.25, 0.3) is 10.9 Å². The van der Waals surface area contributed by atoms with Crippen molar-refractivity contribution in [3.63, 3.8) is 0 Å². The SMILES string of the molecule is CCc1ccc2c(C(C)=O)cn(C)c2c1. The molecule has 1 aromatic carbocycles. The van der Waals surface area contributed by atoms with Gasteiger partial charge in [0.2, 0.25) is 0 Å². The van der Waals surface area contributed by atoms with E-state index in [1.807, 2.05) is 23.9 Å². The maximum absolute atomic E-state index is 11.4. The van der Waals surface area contributed by atoms with Gasteiger partial charge in [0.25, 0.3) is 0 Å². The van der Waals surface area contributed by atoms with Crippen molar-refractivity contribution in [2.45, 2.75) is 20.3 Å². The fourth-order valence-corrected chi connectivity index (χ4v) is 1.93. The number of ketones is 1. The summed E-state index contributed by atoms with van der Waals surface area (Å²) in [6, 6.07) is 6.29. The molecule has 2 heteroatoms. The molecule has 0 aliphatic heterocycles. The second-order valence-corrected chi connectivity index (χ2v) is 3.91. The fraction of sp³-hybridized carbons (Fsp3) is 0.308. The molecule has 0 aliphatic carbocycles. The fourth-order valence-electron chi connectivity index (χ4n) is 1.93. The van der Waals surface area contributed by atoms with Crippen LogP contribution in [0, 0.1) is 0 Å². The van der Waals surface area contributed by atoms with Crippen LogP contribution in [0.1, 0.15) is 29.8 Å². The lowest BCUT2D eigenvalue weighted by Crippen LogP contribution is -1.89. The van der Waals surface area contributed by atoms with Crippen molar-refractivity contribution in [1.29, 1.82) is 0 Å². The van der Waals surface area contributed by atoms with Crippen LogP contribution in [0.5, 0.6) is 0 Å². The molecule has 0 unspecified atom stereocenters. The Kier molecular flexibility index (Phi) is 2.35. The number of fused-ring (bicyclic) bond motifs is 1. The van der Waals surface area contributed by atoms with Gasteiger partial charge in [-0.05, 0) is 25.0 Å². The number of aromatic nitrogens is 1. The number of benzene rings is 1. The largest absolute Gasteiger partial charge is 0.350 e. The minimum atomic E-state index is 0.129. The molecule has 0 aliphatic rings. The van der Waals surface area contributed by atoms with Crippen LogP contribution < -0.4 is 0 Å². The van der Waals surface area contributed by atoms with E-state index >= 15 is 0 Å². The van der Waals surface area contributed by atoms with Crippen molar-refractivity contribution >= 4 is 16.7 Å². The number of Topliss-reactive ketones (excluding diaryl/α,β-unsaturated/α-hetero) is 1. The van der Waals surface area contributed by atoms with Gasteiger partial charge in [-0.15, -0.1) is 0 Å². The number of carbonyl (C=O) groups excluding carboxylic acids is 1. The normalized spacial score (nSPS) is 10.9. The summed E-state index contributed by atoms with van der Waals surface area (Å²) in [5, 5.41) is 1.06. The second kappa shape index (κ2) is 3.54. The van der Waals surface area contributed by atoms with Crippen LogP contribution in [0.15, 0.2) is 24.4 Å². The van der Waals surface area contributed by atoms with E-state index in [1.165, 1.54) is 5.56 Å². The van der Waals surface area contributed by atoms with Gasteiger partial charge in [-0.3, -0.25) is 4.79 Å². The number of rotatable bonds is 2. The number of hydrogen-bond acceptors (Lipinski definition) is 1. The summed E-state index contributed by atoms with van der Waals surface area (Å²) in [6.07, 6.45) is 2.93. The van der Waals surface area contributed by atoms with Gasteiger partial charge in [0.05, 0.1) is 0 Å². The highest BCUT2D eigenvalue weighted by Gasteiger charge is 2.09. The monoisotopic (exact) mass is 201 g/mol. The van der Waals surface area contributed by atoms with E-state index < -0.39 is 0 Å². The number of hydrogen-bond donors (Lipinski definition) is 0. The molecular weight excluding hydrogens is 186 g/mol. The minimum absolute atomic E-state index is 0.129. The lowest BCUT2D eigenvalue weighted by Gasteiger charge is -1.99. The van der Waals surface area contributed by atoms with Gasteiger partial charge in [-0.1, -0.05) is 19.1 Å². The molecule has 2 rings (SSSR count). The van der Waals surface area contributed by atoms with E-state index in [0.29, 0.717) is 0 Å². The maximum atomic E-state index is 11.4. The van der Waals surface area contributed by atoms with Gasteiger partial charge in [0.15, 0.2) is 5.78 Å². The van der Waals surface area contributed by atoms with Crippen molar-refractivity contribution in [1.82, 2.24) is 4.57 Å². The van der Waals surface area contributed by atoms with Crippen LogP contribution in [0.3, 0.4) is 0 Å². The zero-order valence-electron chi connectivity index (χ0n) is 9.37. The third-order valence-corrected chi connectivity index (χ3v) is 2.84. The molecule has 0 fully saturated rings. The highest BCUT2D eigenvalue weighted by Crippen LogP contribution is 2.22. The van der Waals surface area contributed by atoms with E-state index in [1.54, 1.807) is 6.92 Å². The van der Waals surface area contributed by atoms with Crippen molar-refractivity contribution in [3.05, 3.63) is 35.5 Å². The van der Waals surface area contributed by atoms with Crippen LogP contribution in [-0.4, -0.2) is 10.4 Å². The molecule has 0 radical (unpaired) electrons. The van der Waals surface area contributed by atoms with Crippen molar-refractivity contribution in [2.75, 3.05) is 0 Å². The summed E-state index contributed by atoms with van der Waals surface area (Å²) in [4.78, 5) is 11.4. The topological polar surface area (TPSA) is 22.0 Å². The molecule has 0 bridgehead atoms. The smallest absolute Gasteiger partial charge is 0.161 e. The Morgan fingerprint density at radius 1 is 1.40 bits per heavy atom. The third-order valence-electron chi connectivity index (χ3n) is 2.84. The summed E-state index contributed by atoms with van der Waals surface area (Å²) >= 11 is 0. The highest BCUT2D eigenvalue weighted by molar-refractivity contribution is 6.07. The first-order valence-corrected chi connectivity index (χ1v) is 5.22. The average Bonchev–Trinajstić information content (AvgIpc) is 2.56. The van der Waals surface area contributed by atoms with Gasteiger partial charge >= 0.3 is 0 Å². The summed E-state index contributed by atoms with van der Waals surface area (Å²) in [5.41, 5.74) is 3.26. The first-order valence-electron chi connectivity index (χ1n) is 5.22. The Morgan fingerprint density at radius 2 is 2.13 bits per heavy atom. The predicted molar refractivity (Wildman–Crippen MR) is 62.3 cm³/mol. The van der Waals surface area contributed by atoms with E-state index in [-0.39, 0.29) is 5.78 Å². The summed E-state index contributed by atoms with van der Waals surface area (Å²) in [5.74, 6) is 0.129. The van der Waals surface area contributed by atoms with Crippen molar-refractivity contribution < 1.29 is 4.79 Å². The molecule has 78 valence electrons. The van der Waals surface area contributed by atoms with Crippen LogP contribution in [0.2, 0.25) is 0 Å². The molecule has 2 nitrogen and oxygen atoms in total. The summed E-state index contributed by atoms with van der Waals surface area (Å²) < 4.78 is 2.02. The third kappa shape index (κ3) is 1.56. The second-order valence-electron chi connectivity index (χ2n) is 3.91. The molecular formula is C13H15NO. The van der Waals surface area contributed by atoms with E-state index in [9.17, 15) is 4.79 Å². The van der Waals surface area contributed by atoms with Crippen molar-refractivity contribution in [2.24, 2.45) is 7.05 Å². The summed E-state index contributed by atoms with van der Waals surface area (Å²) in [7, 11) is 1.98. The molecule has 0 spiro atoms. The molecule has 0 atom stereocenters. The highest BCUT2D eigenvalue weighted by atomic mass is 16.1. The van der Waals surface area contributed by atoms with Gasteiger partial charge in [0.1, 0.15) is 0 Å². The van der Waals surface area contributed by atoms with Gasteiger partial charge in [-0.25, -0.2) is 0 Å². The predicted octanol–water partition coefficient (Wildman–Crippen LogP) is 2.94. The van der Waals surface area contributed by atoms with Gasteiger partial charge in [0, 0.05) is 29.7 Å². The Morgan fingerprint density at radius 3 is 2.73 bits per heavy atom. The molecule has 0 amide bonds. The van der Waals surface area contributed by atoms with Gasteiger partial charge < -0.3 is 4.57 Å². The number of carbonyl (C=O) groups is 1. The average molecular weight is 201 g/mol. The maximum Gasteiger partial charge on any atom is 0.161 e. The van der Waals surface area contributed by atoms with E-state index in [0.717, 1.165) is 22.9 Å². The molecule has 1 heterocycles. The molecule has 0 saturated carbocycles. The van der Waals surface area contributed by atoms with Crippen LogP contribution in [-0.2, 0) is 13.5 Å². The molecule has 0 saturated heterocycles. The van der Waals surface area contributed by atoms with Crippen LogP contribution in [0.4, 0.5) is 0 Å². The zero-order valence-corrected chi connectivity index (χ0v) is 9.37. The summed E-state index contributed by atoms with van der Waals surface area (Å²) in [6.45, 7) is 3.75. The lowest BCUT2D eigenvalue weighted by atomic mass is 10.1. The zero-order chi connectivity index (χ0) is 11.0. The first-order chi connectivity index (χ1) is 7.13. The Hall–Kier alpha value is -1.57. The molecule has 2 aromatic rings. The van der Waals surface area contributed by atoms with Gasteiger partial charge in [-0.2, -0.15) is 0 Å². The first kappa shape index (κ1) is 9.97. The standard InChI is InChI=1S/C13H15NO/c1-4-10-5-6-11-12(9(2)15)8-14(3)13(11)7-10/h5-8H,4H2,1-3H3.